The van der Waals surface area contributed by atoms with Gasteiger partial charge in [0.1, 0.15) is 0 Å². The lowest BCUT2D eigenvalue weighted by Gasteiger charge is -2.10. The lowest BCUT2D eigenvalue weighted by Crippen LogP contribution is -2.33. The van der Waals surface area contributed by atoms with Crippen molar-refractivity contribution in [3.8, 4) is 0 Å². The fourth-order valence-corrected chi connectivity index (χ4v) is 3.12. The van der Waals surface area contributed by atoms with Crippen LogP contribution in [0.15, 0.2) is 60.7 Å². The van der Waals surface area contributed by atoms with Gasteiger partial charge in [0, 0.05) is 12.2 Å². The van der Waals surface area contributed by atoms with Crippen LogP contribution in [0, 0.1) is 6.92 Å². The molecule has 0 aliphatic heterocycles. The van der Waals surface area contributed by atoms with Gasteiger partial charge in [-0.2, -0.15) is 0 Å². The molecule has 5 heteroatoms. The van der Waals surface area contributed by atoms with Crippen molar-refractivity contribution in [1.29, 1.82) is 0 Å². The Kier molecular flexibility index (Phi) is 5.84. The SMILES string of the molecule is Cc1cc(CN)cc(NC(=O)CNC(=O)Cc2cccc3ccccc23)c1. The molecule has 0 spiro atoms. The lowest BCUT2D eigenvalue weighted by atomic mass is 10.0. The maximum Gasteiger partial charge on any atom is 0.243 e. The van der Waals surface area contributed by atoms with Gasteiger partial charge in [0.05, 0.1) is 13.0 Å². The summed E-state index contributed by atoms with van der Waals surface area (Å²) in [5, 5.41) is 7.62. The maximum atomic E-state index is 12.3. The molecular weight excluding hydrogens is 338 g/mol. The lowest BCUT2D eigenvalue weighted by molar-refractivity contribution is -0.123. The van der Waals surface area contributed by atoms with Crippen LogP contribution in [0.4, 0.5) is 5.69 Å². The Hall–Kier alpha value is -3.18. The number of anilines is 1. The first-order valence-corrected chi connectivity index (χ1v) is 8.89. The first-order chi connectivity index (χ1) is 13.0. The van der Waals surface area contributed by atoms with Gasteiger partial charge in [0.25, 0.3) is 0 Å². The monoisotopic (exact) mass is 361 g/mol. The highest BCUT2D eigenvalue weighted by Gasteiger charge is 2.09. The van der Waals surface area contributed by atoms with Crippen molar-refractivity contribution in [1.82, 2.24) is 5.32 Å². The van der Waals surface area contributed by atoms with Gasteiger partial charge in [-0.25, -0.2) is 0 Å². The maximum absolute atomic E-state index is 12.3. The van der Waals surface area contributed by atoms with Crippen molar-refractivity contribution in [3.05, 3.63) is 77.4 Å². The van der Waals surface area contributed by atoms with Crippen molar-refractivity contribution in [2.45, 2.75) is 19.9 Å². The highest BCUT2D eigenvalue weighted by molar-refractivity contribution is 5.96. The normalized spacial score (nSPS) is 10.6. The van der Waals surface area contributed by atoms with E-state index in [-0.39, 0.29) is 24.8 Å². The third-order valence-electron chi connectivity index (χ3n) is 4.33. The standard InChI is InChI=1S/C22H23N3O2/c1-15-9-16(13-23)11-19(10-15)25-22(27)14-24-21(26)12-18-7-4-6-17-5-2-3-8-20(17)18/h2-11H,12-14,23H2,1H3,(H,24,26)(H,25,27). The zero-order chi connectivity index (χ0) is 19.2. The van der Waals surface area contributed by atoms with E-state index in [9.17, 15) is 9.59 Å². The molecule has 0 bridgehead atoms. The molecule has 0 unspecified atom stereocenters. The van der Waals surface area contributed by atoms with Gasteiger partial charge in [-0.05, 0) is 46.5 Å². The molecule has 0 saturated carbocycles. The molecule has 0 aromatic heterocycles. The Bertz CT molecular complexity index is 977. The second-order valence-corrected chi connectivity index (χ2v) is 6.55. The number of rotatable bonds is 6. The molecular formula is C22H23N3O2. The van der Waals surface area contributed by atoms with Crippen LogP contribution in [-0.2, 0) is 22.6 Å². The van der Waals surface area contributed by atoms with Crippen molar-refractivity contribution >= 4 is 28.3 Å². The van der Waals surface area contributed by atoms with Crippen molar-refractivity contribution in [2.75, 3.05) is 11.9 Å². The Labute approximate surface area is 158 Å². The molecule has 5 nitrogen and oxygen atoms in total. The number of carbonyl (C=O) groups is 2. The van der Waals surface area contributed by atoms with Gasteiger partial charge in [-0.1, -0.05) is 48.5 Å². The number of hydrogen-bond donors (Lipinski definition) is 3. The summed E-state index contributed by atoms with van der Waals surface area (Å²) >= 11 is 0. The van der Waals surface area contributed by atoms with Gasteiger partial charge in [-0.15, -0.1) is 0 Å². The number of nitrogens with two attached hydrogens (primary N) is 1. The van der Waals surface area contributed by atoms with E-state index in [2.05, 4.69) is 10.6 Å². The number of amides is 2. The molecule has 0 aliphatic rings. The summed E-state index contributed by atoms with van der Waals surface area (Å²) < 4.78 is 0. The molecule has 138 valence electrons. The second-order valence-electron chi connectivity index (χ2n) is 6.55. The number of aryl methyl sites for hydroxylation is 1. The van der Waals surface area contributed by atoms with Gasteiger partial charge in [0.15, 0.2) is 0 Å². The molecule has 0 heterocycles. The third kappa shape index (κ3) is 4.92. The van der Waals surface area contributed by atoms with Gasteiger partial charge < -0.3 is 16.4 Å². The van der Waals surface area contributed by atoms with Crippen molar-refractivity contribution in [3.63, 3.8) is 0 Å². The number of benzene rings is 3. The fraction of sp³-hybridized carbons (Fsp3) is 0.182. The van der Waals surface area contributed by atoms with E-state index in [1.54, 1.807) is 0 Å². The summed E-state index contributed by atoms with van der Waals surface area (Å²) in [6.45, 7) is 2.28. The van der Waals surface area contributed by atoms with Crippen LogP contribution in [0.5, 0.6) is 0 Å². The minimum absolute atomic E-state index is 0.0739. The molecule has 3 aromatic rings. The minimum Gasteiger partial charge on any atom is -0.347 e. The molecule has 0 atom stereocenters. The first-order valence-electron chi connectivity index (χ1n) is 8.89. The van der Waals surface area contributed by atoms with Crippen molar-refractivity contribution < 1.29 is 9.59 Å². The van der Waals surface area contributed by atoms with Crippen LogP contribution >= 0.6 is 0 Å². The predicted molar refractivity (Wildman–Crippen MR) is 108 cm³/mol. The summed E-state index contributed by atoms with van der Waals surface area (Å²) in [6, 6.07) is 19.5. The van der Waals surface area contributed by atoms with E-state index < -0.39 is 0 Å². The molecule has 0 saturated heterocycles. The smallest absolute Gasteiger partial charge is 0.243 e. The van der Waals surface area contributed by atoms with E-state index in [0.29, 0.717) is 12.2 Å². The molecule has 0 aliphatic carbocycles. The zero-order valence-corrected chi connectivity index (χ0v) is 15.3. The Morgan fingerprint density at radius 3 is 2.56 bits per heavy atom. The van der Waals surface area contributed by atoms with E-state index in [0.717, 1.165) is 27.5 Å². The topological polar surface area (TPSA) is 84.2 Å². The van der Waals surface area contributed by atoms with Crippen LogP contribution in [0.2, 0.25) is 0 Å². The molecule has 27 heavy (non-hydrogen) atoms. The van der Waals surface area contributed by atoms with E-state index in [4.69, 9.17) is 5.73 Å². The number of nitrogens with one attached hydrogen (secondary N) is 2. The van der Waals surface area contributed by atoms with E-state index >= 15 is 0 Å². The molecule has 2 amide bonds. The second kappa shape index (κ2) is 8.47. The molecule has 3 rings (SSSR count). The molecule has 4 N–H and O–H groups in total. The average molecular weight is 361 g/mol. The minimum atomic E-state index is -0.269. The van der Waals surface area contributed by atoms with Crippen LogP contribution in [-0.4, -0.2) is 18.4 Å². The zero-order valence-electron chi connectivity index (χ0n) is 15.3. The summed E-state index contributed by atoms with van der Waals surface area (Å²) in [5.74, 6) is -0.455. The fourth-order valence-electron chi connectivity index (χ4n) is 3.12. The first kappa shape index (κ1) is 18.6. The van der Waals surface area contributed by atoms with Gasteiger partial charge >= 0.3 is 0 Å². The Morgan fingerprint density at radius 2 is 1.74 bits per heavy atom. The van der Waals surface area contributed by atoms with Crippen molar-refractivity contribution in [2.24, 2.45) is 5.73 Å². The van der Waals surface area contributed by atoms with Crippen LogP contribution < -0.4 is 16.4 Å². The summed E-state index contributed by atoms with van der Waals surface area (Å²) in [5.41, 5.74) is 9.26. The Balaban J connectivity index is 1.57. The Morgan fingerprint density at radius 1 is 0.963 bits per heavy atom. The largest absolute Gasteiger partial charge is 0.347 e. The number of hydrogen-bond acceptors (Lipinski definition) is 3. The third-order valence-corrected chi connectivity index (χ3v) is 4.33. The summed E-state index contributed by atoms with van der Waals surface area (Å²) in [6.07, 6.45) is 0.233. The summed E-state index contributed by atoms with van der Waals surface area (Å²) in [7, 11) is 0. The number of carbonyl (C=O) groups excluding carboxylic acids is 2. The molecule has 3 aromatic carbocycles. The van der Waals surface area contributed by atoms with Crippen LogP contribution in [0.25, 0.3) is 10.8 Å². The predicted octanol–water partition coefficient (Wildman–Crippen LogP) is 2.90. The van der Waals surface area contributed by atoms with Gasteiger partial charge in [-0.3, -0.25) is 9.59 Å². The van der Waals surface area contributed by atoms with Crippen LogP contribution in [0.3, 0.4) is 0 Å². The molecule has 0 fully saturated rings. The van der Waals surface area contributed by atoms with E-state index in [1.807, 2.05) is 67.6 Å². The molecule has 0 radical (unpaired) electrons. The number of fused-ring (bicyclic) bond motifs is 1. The quantitative estimate of drug-likeness (QED) is 0.631. The van der Waals surface area contributed by atoms with E-state index in [1.165, 1.54) is 0 Å². The summed E-state index contributed by atoms with van der Waals surface area (Å²) in [4.78, 5) is 24.4. The highest BCUT2D eigenvalue weighted by Crippen LogP contribution is 2.19. The van der Waals surface area contributed by atoms with Gasteiger partial charge in [0.2, 0.25) is 11.8 Å². The average Bonchev–Trinajstić information content (AvgIpc) is 2.66. The highest BCUT2D eigenvalue weighted by atomic mass is 16.2. The van der Waals surface area contributed by atoms with Crippen LogP contribution in [0.1, 0.15) is 16.7 Å².